The largest absolute Gasteiger partial charge is 0.372 e. The number of rotatable bonds is 9. The van der Waals surface area contributed by atoms with E-state index in [2.05, 4.69) is 42.2 Å². The molecular weight excluding hydrogens is 265 g/mol. The molecule has 0 atom stereocenters. The molecule has 21 heavy (non-hydrogen) atoms. The van der Waals surface area contributed by atoms with E-state index >= 15 is 0 Å². The molecule has 4 heteroatoms. The van der Waals surface area contributed by atoms with Gasteiger partial charge in [-0.3, -0.25) is 0 Å². The van der Waals surface area contributed by atoms with Crippen molar-refractivity contribution in [3.63, 3.8) is 0 Å². The Morgan fingerprint density at radius 3 is 2.57 bits per heavy atom. The van der Waals surface area contributed by atoms with Crippen LogP contribution in [0.2, 0.25) is 0 Å². The maximum Gasteiger partial charge on any atom is 0.125 e. The molecule has 1 aliphatic carbocycles. The molecule has 0 spiro atoms. The number of nitrogens with zero attached hydrogens (tertiary/aromatic N) is 2. The Bertz CT molecular complexity index is 444. The first kappa shape index (κ1) is 16.2. The first-order valence-corrected chi connectivity index (χ1v) is 8.01. The zero-order chi connectivity index (χ0) is 15.2. The maximum atomic E-state index is 13.9. The first-order chi connectivity index (χ1) is 10.1. The van der Waals surface area contributed by atoms with Gasteiger partial charge in [0.05, 0.1) is 0 Å². The predicted octanol–water partition coefficient (Wildman–Crippen LogP) is 2.86. The summed E-state index contributed by atoms with van der Waals surface area (Å²) in [5.41, 5.74) is 2.05. The summed E-state index contributed by atoms with van der Waals surface area (Å²) < 4.78 is 13.9. The quantitative estimate of drug-likeness (QED) is 0.755. The number of anilines is 1. The summed E-state index contributed by atoms with van der Waals surface area (Å²) >= 11 is 0. The highest BCUT2D eigenvalue weighted by Gasteiger charge is 2.20. The highest BCUT2D eigenvalue weighted by atomic mass is 19.1. The number of nitrogens with one attached hydrogen (secondary N) is 1. The third-order valence-corrected chi connectivity index (χ3v) is 3.89. The second-order valence-electron chi connectivity index (χ2n) is 6.21. The number of hydrogen-bond acceptors (Lipinski definition) is 3. The Labute approximate surface area is 128 Å². The molecule has 0 saturated heterocycles. The van der Waals surface area contributed by atoms with Crippen molar-refractivity contribution in [1.82, 2.24) is 10.2 Å². The number of benzene rings is 1. The zero-order valence-corrected chi connectivity index (χ0v) is 13.5. The SMILES string of the molecule is CCN(CCCN(C)C)c1cc(F)cc(CNC2CC2)c1. The van der Waals surface area contributed by atoms with Crippen LogP contribution in [0.5, 0.6) is 0 Å². The van der Waals surface area contributed by atoms with Gasteiger partial charge < -0.3 is 15.1 Å². The third kappa shape index (κ3) is 5.64. The normalized spacial score (nSPS) is 14.7. The van der Waals surface area contributed by atoms with Crippen LogP contribution < -0.4 is 10.2 Å². The lowest BCUT2D eigenvalue weighted by Crippen LogP contribution is -2.27. The molecule has 1 aromatic carbocycles. The van der Waals surface area contributed by atoms with Crippen LogP contribution in [0, 0.1) is 5.82 Å². The summed E-state index contributed by atoms with van der Waals surface area (Å²) in [5.74, 6) is -0.133. The van der Waals surface area contributed by atoms with Crippen LogP contribution in [0.1, 0.15) is 31.7 Å². The van der Waals surface area contributed by atoms with Crippen molar-refractivity contribution in [1.29, 1.82) is 0 Å². The van der Waals surface area contributed by atoms with Gasteiger partial charge >= 0.3 is 0 Å². The van der Waals surface area contributed by atoms with Crippen LogP contribution in [0.15, 0.2) is 18.2 Å². The molecule has 0 unspecified atom stereocenters. The molecule has 3 nitrogen and oxygen atoms in total. The minimum atomic E-state index is -0.133. The standard InChI is InChI=1S/C17H28FN3/c1-4-21(9-5-8-20(2)3)17-11-14(10-15(18)12-17)13-19-16-6-7-16/h10-12,16,19H,4-9,13H2,1-3H3. The van der Waals surface area contributed by atoms with Gasteiger partial charge in [-0.2, -0.15) is 0 Å². The van der Waals surface area contributed by atoms with E-state index in [0.717, 1.165) is 43.9 Å². The smallest absolute Gasteiger partial charge is 0.125 e. The van der Waals surface area contributed by atoms with Crippen LogP contribution in [-0.2, 0) is 6.54 Å². The topological polar surface area (TPSA) is 18.5 Å². The molecule has 2 rings (SSSR count). The maximum absolute atomic E-state index is 13.9. The average Bonchev–Trinajstić information content (AvgIpc) is 3.24. The van der Waals surface area contributed by atoms with E-state index in [1.807, 2.05) is 0 Å². The molecule has 1 N–H and O–H groups in total. The number of hydrogen-bond donors (Lipinski definition) is 1. The van der Waals surface area contributed by atoms with Gasteiger partial charge in [0.2, 0.25) is 0 Å². The van der Waals surface area contributed by atoms with E-state index in [4.69, 9.17) is 0 Å². The first-order valence-electron chi connectivity index (χ1n) is 8.01. The van der Waals surface area contributed by atoms with E-state index in [0.29, 0.717) is 6.04 Å². The molecule has 0 amide bonds. The molecule has 0 aliphatic heterocycles. The summed E-state index contributed by atoms with van der Waals surface area (Å²) in [7, 11) is 4.17. The molecule has 0 aromatic heterocycles. The summed E-state index contributed by atoms with van der Waals surface area (Å²) in [5, 5.41) is 3.45. The van der Waals surface area contributed by atoms with E-state index in [1.165, 1.54) is 12.8 Å². The molecule has 1 saturated carbocycles. The molecule has 0 heterocycles. The summed E-state index contributed by atoms with van der Waals surface area (Å²) in [6, 6.07) is 6.07. The van der Waals surface area contributed by atoms with E-state index < -0.39 is 0 Å². The minimum absolute atomic E-state index is 0.133. The van der Waals surface area contributed by atoms with Crippen molar-refractivity contribution in [2.45, 2.75) is 38.8 Å². The van der Waals surface area contributed by atoms with Crippen molar-refractivity contribution >= 4 is 5.69 Å². The van der Waals surface area contributed by atoms with Crippen molar-refractivity contribution in [2.24, 2.45) is 0 Å². The van der Waals surface area contributed by atoms with Gasteiger partial charge in [-0.25, -0.2) is 4.39 Å². The minimum Gasteiger partial charge on any atom is -0.372 e. The molecule has 1 aromatic rings. The molecular formula is C17H28FN3. The van der Waals surface area contributed by atoms with Crippen LogP contribution in [0.3, 0.4) is 0 Å². The second-order valence-corrected chi connectivity index (χ2v) is 6.21. The van der Waals surface area contributed by atoms with E-state index in [9.17, 15) is 4.39 Å². The van der Waals surface area contributed by atoms with Crippen molar-refractivity contribution in [3.05, 3.63) is 29.6 Å². The fourth-order valence-electron chi connectivity index (χ4n) is 2.52. The lowest BCUT2D eigenvalue weighted by atomic mass is 10.1. The summed E-state index contributed by atoms with van der Waals surface area (Å²) in [6.45, 7) is 5.83. The van der Waals surface area contributed by atoms with Crippen LogP contribution in [0.4, 0.5) is 10.1 Å². The number of halogens is 1. The third-order valence-electron chi connectivity index (χ3n) is 3.89. The van der Waals surface area contributed by atoms with Crippen molar-refractivity contribution in [2.75, 3.05) is 38.6 Å². The molecule has 0 radical (unpaired) electrons. The van der Waals surface area contributed by atoms with Gasteiger partial charge in [0.1, 0.15) is 5.82 Å². The second kappa shape index (κ2) is 7.76. The molecule has 1 fully saturated rings. The van der Waals surface area contributed by atoms with Gasteiger partial charge in [-0.05, 0) is 70.6 Å². The highest BCUT2D eigenvalue weighted by Crippen LogP contribution is 2.22. The Balaban J connectivity index is 1.97. The molecule has 0 bridgehead atoms. The Morgan fingerprint density at radius 2 is 1.95 bits per heavy atom. The highest BCUT2D eigenvalue weighted by molar-refractivity contribution is 5.49. The lowest BCUT2D eigenvalue weighted by Gasteiger charge is -2.24. The van der Waals surface area contributed by atoms with Gasteiger partial charge in [0, 0.05) is 31.4 Å². The van der Waals surface area contributed by atoms with Crippen molar-refractivity contribution in [3.8, 4) is 0 Å². The predicted molar refractivity (Wildman–Crippen MR) is 87.3 cm³/mol. The fourth-order valence-corrected chi connectivity index (χ4v) is 2.52. The van der Waals surface area contributed by atoms with Gasteiger partial charge in [0.25, 0.3) is 0 Å². The van der Waals surface area contributed by atoms with Crippen LogP contribution >= 0.6 is 0 Å². The summed E-state index contributed by atoms with van der Waals surface area (Å²) in [4.78, 5) is 4.44. The Hall–Kier alpha value is -1.13. The summed E-state index contributed by atoms with van der Waals surface area (Å²) in [6.07, 6.45) is 3.61. The van der Waals surface area contributed by atoms with Crippen LogP contribution in [0.25, 0.3) is 0 Å². The van der Waals surface area contributed by atoms with Gasteiger partial charge in [-0.15, -0.1) is 0 Å². The molecule has 118 valence electrons. The molecule has 1 aliphatic rings. The monoisotopic (exact) mass is 293 g/mol. The Morgan fingerprint density at radius 1 is 1.19 bits per heavy atom. The zero-order valence-electron chi connectivity index (χ0n) is 13.5. The van der Waals surface area contributed by atoms with E-state index in [-0.39, 0.29) is 5.82 Å². The average molecular weight is 293 g/mol. The van der Waals surface area contributed by atoms with Gasteiger partial charge in [0.15, 0.2) is 0 Å². The fraction of sp³-hybridized carbons (Fsp3) is 0.647. The van der Waals surface area contributed by atoms with Gasteiger partial charge in [-0.1, -0.05) is 0 Å². The van der Waals surface area contributed by atoms with E-state index in [1.54, 1.807) is 12.1 Å². The lowest BCUT2D eigenvalue weighted by molar-refractivity contribution is 0.400. The van der Waals surface area contributed by atoms with Crippen molar-refractivity contribution < 1.29 is 4.39 Å². The Kier molecular flexibility index (Phi) is 6.00. The van der Waals surface area contributed by atoms with Crippen LogP contribution in [-0.4, -0.2) is 44.7 Å².